The van der Waals surface area contributed by atoms with Gasteiger partial charge in [0.25, 0.3) is 0 Å². The molecule has 314 valence electrons. The van der Waals surface area contributed by atoms with Gasteiger partial charge < -0.3 is 39.9 Å². The zero-order valence-electron chi connectivity index (χ0n) is 32.8. The maximum absolute atomic E-state index is 12.7. The van der Waals surface area contributed by atoms with Gasteiger partial charge in [0.05, 0.1) is 6.61 Å². The summed E-state index contributed by atoms with van der Waals surface area (Å²) in [6.07, 6.45) is 19.3. The molecular formula is C40H71O13P. The number of ether oxygens (including phenoxy) is 2. The fourth-order valence-electron chi connectivity index (χ4n) is 5.81. The predicted octanol–water partition coefficient (Wildman–Crippen LogP) is 6.66. The number of carbonyl (C=O) groups excluding carboxylic acids is 2. The highest BCUT2D eigenvalue weighted by atomic mass is 31.2. The predicted molar refractivity (Wildman–Crippen MR) is 207 cm³/mol. The Bertz CT molecular complexity index is 1100. The number of aliphatic hydroxyl groups excluding tert-OH is 5. The first kappa shape index (κ1) is 50.1. The molecule has 1 aliphatic rings. The smallest absolute Gasteiger partial charge is 0.462 e. The second-order valence-corrected chi connectivity index (χ2v) is 15.5. The average molecular weight is 791 g/mol. The molecule has 54 heavy (non-hydrogen) atoms. The Kier molecular flexibility index (Phi) is 28.9. The van der Waals surface area contributed by atoms with Crippen LogP contribution in [0, 0.1) is 0 Å². The van der Waals surface area contributed by atoms with Crippen LogP contribution in [0.1, 0.15) is 149 Å². The van der Waals surface area contributed by atoms with Crippen molar-refractivity contribution in [3.8, 4) is 0 Å². The minimum Gasteiger partial charge on any atom is -0.462 e. The number of aliphatic hydroxyl groups is 5. The van der Waals surface area contributed by atoms with Crippen molar-refractivity contribution in [1.82, 2.24) is 0 Å². The quantitative estimate of drug-likeness (QED) is 0.0183. The van der Waals surface area contributed by atoms with Gasteiger partial charge in [-0.3, -0.25) is 18.6 Å². The molecule has 1 fully saturated rings. The number of phosphoric acid groups is 1. The average Bonchev–Trinajstić information content (AvgIpc) is 3.15. The summed E-state index contributed by atoms with van der Waals surface area (Å²) in [5, 5.41) is 49.9. The van der Waals surface area contributed by atoms with Crippen molar-refractivity contribution < 1.29 is 63.1 Å². The second kappa shape index (κ2) is 31.2. The highest BCUT2D eigenvalue weighted by Gasteiger charge is 2.51. The van der Waals surface area contributed by atoms with Crippen molar-refractivity contribution in [2.45, 2.75) is 191 Å². The van der Waals surface area contributed by atoms with E-state index in [0.717, 1.165) is 83.5 Å². The van der Waals surface area contributed by atoms with Crippen LogP contribution in [0.2, 0.25) is 0 Å². The van der Waals surface area contributed by atoms with E-state index in [9.17, 15) is 44.6 Å². The molecule has 1 saturated carbocycles. The normalized spacial score (nSPS) is 23.6. The maximum Gasteiger partial charge on any atom is 0.472 e. The number of hydrogen-bond donors (Lipinski definition) is 6. The fourth-order valence-corrected chi connectivity index (χ4v) is 6.78. The lowest BCUT2D eigenvalue weighted by molar-refractivity contribution is -0.220. The van der Waals surface area contributed by atoms with Crippen LogP contribution in [0.3, 0.4) is 0 Å². The molecule has 8 atom stereocenters. The SMILES string of the molecule is CCCC/C=C\C/C=C\CCCCCCCC(=O)OC[C@H](COP(=O)(O)OC1C(O)C(O)C(O)[C@@H](O)C1O)OC(=O)CCCCCCC/C=C\CCCC. The first-order valence-corrected chi connectivity index (χ1v) is 21.8. The lowest BCUT2D eigenvalue weighted by Gasteiger charge is -2.41. The Balaban J connectivity index is 2.54. The third kappa shape index (κ3) is 23.9. The van der Waals surface area contributed by atoms with Crippen LogP contribution < -0.4 is 0 Å². The standard InChI is InChI=1S/C40H71O13P/c1-3-5-7-9-11-13-15-16-17-19-20-22-24-26-28-33(41)50-30-32(52-34(42)29-27-25-23-21-18-14-12-10-8-6-4-2)31-51-54(48,49)53-40-38(46)36(44)35(43)37(45)39(40)47/h9-12,15-16,32,35-40,43-47H,3-8,13-14,17-31H2,1-2H3,(H,48,49)/b11-9-,12-10-,16-15-/t32-,35?,36-,37?,38?,39?,40?/m1/s1. The Morgan fingerprint density at radius 2 is 1.00 bits per heavy atom. The van der Waals surface area contributed by atoms with Crippen LogP contribution in [0.4, 0.5) is 0 Å². The molecule has 13 nitrogen and oxygen atoms in total. The van der Waals surface area contributed by atoms with Crippen molar-refractivity contribution in [3.63, 3.8) is 0 Å². The van der Waals surface area contributed by atoms with Gasteiger partial charge in [-0.2, -0.15) is 0 Å². The van der Waals surface area contributed by atoms with Crippen molar-refractivity contribution in [3.05, 3.63) is 36.5 Å². The van der Waals surface area contributed by atoms with Gasteiger partial charge >= 0.3 is 19.8 Å². The largest absolute Gasteiger partial charge is 0.472 e. The van der Waals surface area contributed by atoms with E-state index in [1.807, 2.05) is 0 Å². The number of phosphoric ester groups is 1. The van der Waals surface area contributed by atoms with Crippen LogP contribution in [0.25, 0.3) is 0 Å². The monoisotopic (exact) mass is 790 g/mol. The summed E-state index contributed by atoms with van der Waals surface area (Å²) in [4.78, 5) is 35.5. The van der Waals surface area contributed by atoms with Gasteiger partial charge in [-0.1, -0.05) is 115 Å². The van der Waals surface area contributed by atoms with Crippen molar-refractivity contribution in [2.24, 2.45) is 0 Å². The van der Waals surface area contributed by atoms with Gasteiger partial charge in [0.1, 0.15) is 43.2 Å². The number of rotatable bonds is 32. The highest BCUT2D eigenvalue weighted by molar-refractivity contribution is 7.47. The summed E-state index contributed by atoms with van der Waals surface area (Å²) in [6.45, 7) is 3.16. The van der Waals surface area contributed by atoms with Gasteiger partial charge in [0.2, 0.25) is 0 Å². The van der Waals surface area contributed by atoms with E-state index in [2.05, 4.69) is 50.3 Å². The molecule has 0 aliphatic heterocycles. The van der Waals surface area contributed by atoms with E-state index in [0.29, 0.717) is 12.8 Å². The van der Waals surface area contributed by atoms with Crippen LogP contribution >= 0.6 is 7.82 Å². The summed E-state index contributed by atoms with van der Waals surface area (Å²) in [5.41, 5.74) is 0. The van der Waals surface area contributed by atoms with Crippen LogP contribution in [0.15, 0.2) is 36.5 Å². The summed E-state index contributed by atoms with van der Waals surface area (Å²) in [6, 6.07) is 0. The lowest BCUT2D eigenvalue weighted by Crippen LogP contribution is -2.64. The molecular weight excluding hydrogens is 719 g/mol. The van der Waals surface area contributed by atoms with E-state index in [4.69, 9.17) is 18.5 Å². The molecule has 0 aromatic rings. The molecule has 0 aromatic carbocycles. The zero-order chi connectivity index (χ0) is 40.0. The van der Waals surface area contributed by atoms with Crippen LogP contribution in [-0.2, 0) is 32.7 Å². The summed E-state index contributed by atoms with van der Waals surface area (Å²) in [7, 11) is -5.11. The number of unbranched alkanes of at least 4 members (excludes halogenated alkanes) is 14. The molecule has 0 amide bonds. The van der Waals surface area contributed by atoms with Gasteiger partial charge in [-0.15, -0.1) is 0 Å². The minimum atomic E-state index is -5.11. The van der Waals surface area contributed by atoms with Gasteiger partial charge in [-0.25, -0.2) is 4.57 Å². The third-order valence-corrected chi connectivity index (χ3v) is 10.2. The molecule has 0 bridgehead atoms. The summed E-state index contributed by atoms with van der Waals surface area (Å²) < 4.78 is 33.3. The van der Waals surface area contributed by atoms with Crippen molar-refractivity contribution in [1.29, 1.82) is 0 Å². The van der Waals surface area contributed by atoms with Crippen LogP contribution in [-0.4, -0.2) is 98.3 Å². The minimum absolute atomic E-state index is 0.0824. The maximum atomic E-state index is 12.7. The van der Waals surface area contributed by atoms with Gasteiger partial charge in [0.15, 0.2) is 6.10 Å². The molecule has 0 aromatic heterocycles. The van der Waals surface area contributed by atoms with E-state index >= 15 is 0 Å². The molecule has 14 heteroatoms. The molecule has 6 N–H and O–H groups in total. The number of esters is 2. The Hall–Kier alpha value is -1.93. The van der Waals surface area contributed by atoms with E-state index in [1.165, 1.54) is 25.7 Å². The van der Waals surface area contributed by atoms with E-state index < -0.39 is 75.7 Å². The molecule has 0 saturated heterocycles. The Morgan fingerprint density at radius 1 is 0.574 bits per heavy atom. The Morgan fingerprint density at radius 3 is 1.52 bits per heavy atom. The third-order valence-electron chi connectivity index (χ3n) is 9.20. The number of carbonyl (C=O) groups is 2. The van der Waals surface area contributed by atoms with Gasteiger partial charge in [0, 0.05) is 12.8 Å². The van der Waals surface area contributed by atoms with Crippen molar-refractivity contribution >= 4 is 19.8 Å². The second-order valence-electron chi connectivity index (χ2n) is 14.1. The first-order chi connectivity index (χ1) is 25.9. The molecule has 0 spiro atoms. The van der Waals surface area contributed by atoms with Crippen LogP contribution in [0.5, 0.6) is 0 Å². The molecule has 1 aliphatic carbocycles. The van der Waals surface area contributed by atoms with Crippen molar-refractivity contribution in [2.75, 3.05) is 13.2 Å². The van der Waals surface area contributed by atoms with Gasteiger partial charge in [-0.05, 0) is 57.8 Å². The zero-order valence-corrected chi connectivity index (χ0v) is 33.7. The molecule has 1 rings (SSSR count). The fraction of sp³-hybridized carbons (Fsp3) is 0.800. The van der Waals surface area contributed by atoms with E-state index in [1.54, 1.807) is 0 Å². The molecule has 0 heterocycles. The number of allylic oxidation sites excluding steroid dienone is 6. The number of hydrogen-bond acceptors (Lipinski definition) is 12. The molecule has 6 unspecified atom stereocenters. The highest BCUT2D eigenvalue weighted by Crippen LogP contribution is 2.47. The summed E-state index contributed by atoms with van der Waals surface area (Å²) in [5.74, 6) is -1.13. The topological polar surface area (TPSA) is 210 Å². The summed E-state index contributed by atoms with van der Waals surface area (Å²) >= 11 is 0. The lowest BCUT2D eigenvalue weighted by atomic mass is 9.85. The molecule has 0 radical (unpaired) electrons. The van der Waals surface area contributed by atoms with E-state index in [-0.39, 0.29) is 12.8 Å². The first-order valence-electron chi connectivity index (χ1n) is 20.3. The Labute approximate surface area is 323 Å².